The Balaban J connectivity index is 1.46. The molecule has 6 nitrogen and oxygen atoms in total. The Labute approximate surface area is 189 Å². The van der Waals surface area contributed by atoms with Crippen molar-refractivity contribution < 1.29 is 28.6 Å². The Morgan fingerprint density at radius 3 is 2.59 bits per heavy atom. The van der Waals surface area contributed by atoms with E-state index in [1.54, 1.807) is 0 Å². The van der Waals surface area contributed by atoms with Gasteiger partial charge in [-0.15, -0.1) is 0 Å². The Morgan fingerprint density at radius 2 is 1.91 bits per heavy atom. The van der Waals surface area contributed by atoms with Crippen LogP contribution < -0.4 is 0 Å². The highest BCUT2D eigenvalue weighted by atomic mass is 16.6. The summed E-state index contributed by atoms with van der Waals surface area (Å²) in [7, 11) is 0. The molecule has 8 atom stereocenters. The zero-order chi connectivity index (χ0) is 23.1. The highest BCUT2D eigenvalue weighted by molar-refractivity contribution is 5.85. The van der Waals surface area contributed by atoms with E-state index in [9.17, 15) is 14.4 Å². The molecule has 32 heavy (non-hydrogen) atoms. The summed E-state index contributed by atoms with van der Waals surface area (Å²) in [5.74, 6) is 0.682. The molecule has 3 fully saturated rings. The lowest BCUT2D eigenvalue weighted by Crippen LogP contribution is -2.56. The molecule has 0 aromatic heterocycles. The Bertz CT molecular complexity index is 990. The summed E-state index contributed by atoms with van der Waals surface area (Å²) in [5.41, 5.74) is 0.426. The highest BCUT2D eigenvalue weighted by Crippen LogP contribution is 2.75. The van der Waals surface area contributed by atoms with Crippen LogP contribution in [0.3, 0.4) is 0 Å². The first-order chi connectivity index (χ1) is 15.0. The van der Waals surface area contributed by atoms with Crippen LogP contribution in [0.15, 0.2) is 35.6 Å². The van der Waals surface area contributed by atoms with Gasteiger partial charge in [-0.25, -0.2) is 0 Å². The number of hydrogen-bond donors (Lipinski definition) is 0. The number of hydrogen-bond acceptors (Lipinski definition) is 6. The number of carbonyl (C=O) groups excluding carboxylic acids is 3. The summed E-state index contributed by atoms with van der Waals surface area (Å²) >= 11 is 0. The summed E-state index contributed by atoms with van der Waals surface area (Å²) < 4.78 is 17.0. The quantitative estimate of drug-likeness (QED) is 0.487. The maximum atomic E-state index is 13.1. The van der Waals surface area contributed by atoms with Crippen LogP contribution in [-0.2, 0) is 28.6 Å². The monoisotopic (exact) mass is 440 g/mol. The smallest absolute Gasteiger partial charge is 0.308 e. The third-order valence-corrected chi connectivity index (χ3v) is 9.08. The number of carbonyl (C=O) groups is 3. The molecule has 5 rings (SSSR count). The van der Waals surface area contributed by atoms with Crippen LogP contribution in [0.4, 0.5) is 0 Å². The average molecular weight is 441 g/mol. The number of allylic oxidation sites excluding steroid dienone is 3. The van der Waals surface area contributed by atoms with Gasteiger partial charge in [-0.2, -0.15) is 0 Å². The fourth-order valence-electron chi connectivity index (χ4n) is 7.94. The van der Waals surface area contributed by atoms with Crippen LogP contribution in [-0.4, -0.2) is 36.0 Å². The predicted molar refractivity (Wildman–Crippen MR) is 116 cm³/mol. The number of rotatable bonds is 4. The van der Waals surface area contributed by atoms with Gasteiger partial charge in [0.2, 0.25) is 0 Å². The molecule has 0 amide bonds. The lowest BCUT2D eigenvalue weighted by Gasteiger charge is -2.53. The molecule has 0 unspecified atom stereocenters. The number of ether oxygens (including phenoxy) is 3. The third-order valence-electron chi connectivity index (χ3n) is 9.08. The molecule has 0 aromatic carbocycles. The summed E-state index contributed by atoms with van der Waals surface area (Å²) in [4.78, 5) is 35.8. The van der Waals surface area contributed by atoms with Crippen molar-refractivity contribution in [3.8, 4) is 0 Å². The fourth-order valence-corrected chi connectivity index (χ4v) is 7.94. The van der Waals surface area contributed by atoms with E-state index >= 15 is 0 Å². The maximum absolute atomic E-state index is 13.1. The Hall–Kier alpha value is -2.21. The third kappa shape index (κ3) is 2.77. The van der Waals surface area contributed by atoms with E-state index in [0.29, 0.717) is 17.6 Å². The van der Waals surface area contributed by atoms with Gasteiger partial charge >= 0.3 is 11.9 Å². The minimum Gasteiger partial charge on any atom is -0.458 e. The van der Waals surface area contributed by atoms with Gasteiger partial charge in [-0.3, -0.25) is 14.4 Å². The Morgan fingerprint density at radius 1 is 1.16 bits per heavy atom. The van der Waals surface area contributed by atoms with Gasteiger partial charge < -0.3 is 14.2 Å². The van der Waals surface area contributed by atoms with Gasteiger partial charge in [0.05, 0.1) is 6.10 Å². The minimum absolute atomic E-state index is 0.0376. The molecule has 1 aliphatic heterocycles. The van der Waals surface area contributed by atoms with E-state index in [2.05, 4.69) is 32.9 Å². The summed E-state index contributed by atoms with van der Waals surface area (Å²) in [6, 6.07) is 0. The van der Waals surface area contributed by atoms with Gasteiger partial charge in [-0.1, -0.05) is 26.0 Å². The van der Waals surface area contributed by atoms with Crippen LogP contribution in [0, 0.1) is 34.5 Å². The molecule has 1 spiro atoms. The average Bonchev–Trinajstić information content (AvgIpc) is 3.34. The van der Waals surface area contributed by atoms with Crippen LogP contribution in [0.2, 0.25) is 0 Å². The first kappa shape index (κ1) is 21.6. The molecule has 1 saturated heterocycles. The van der Waals surface area contributed by atoms with Gasteiger partial charge in [0.1, 0.15) is 18.0 Å². The molecule has 5 aliphatic rings. The molecule has 0 N–H and O–H groups in total. The first-order valence-corrected chi connectivity index (χ1v) is 11.7. The molecule has 0 aromatic rings. The van der Waals surface area contributed by atoms with Crippen molar-refractivity contribution in [2.45, 2.75) is 65.6 Å². The van der Waals surface area contributed by atoms with Crippen molar-refractivity contribution in [2.24, 2.45) is 34.5 Å². The van der Waals surface area contributed by atoms with E-state index in [-0.39, 0.29) is 52.7 Å². The van der Waals surface area contributed by atoms with E-state index in [1.165, 1.54) is 13.8 Å². The zero-order valence-electron chi connectivity index (χ0n) is 19.5. The van der Waals surface area contributed by atoms with Gasteiger partial charge in [0.15, 0.2) is 5.78 Å². The number of ketones is 1. The molecule has 172 valence electrons. The fraction of sp³-hybridized carbons (Fsp3) is 0.654. The zero-order valence-corrected chi connectivity index (χ0v) is 19.5. The van der Waals surface area contributed by atoms with Crippen molar-refractivity contribution in [2.75, 3.05) is 6.61 Å². The number of Topliss-reactive ketones (excluding diaryl/α,β-unsaturated/α-hetero) is 1. The van der Waals surface area contributed by atoms with E-state index in [1.807, 2.05) is 12.2 Å². The largest absolute Gasteiger partial charge is 0.458 e. The van der Waals surface area contributed by atoms with Crippen molar-refractivity contribution >= 4 is 17.7 Å². The Kier molecular flexibility index (Phi) is 4.66. The molecular formula is C26H32O6. The molecular weight excluding hydrogens is 408 g/mol. The highest BCUT2D eigenvalue weighted by Gasteiger charge is 2.79. The number of esters is 2. The van der Waals surface area contributed by atoms with Crippen LogP contribution >= 0.6 is 0 Å². The maximum Gasteiger partial charge on any atom is 0.308 e. The lowest BCUT2D eigenvalue weighted by atomic mass is 9.48. The van der Waals surface area contributed by atoms with E-state index in [4.69, 9.17) is 14.2 Å². The van der Waals surface area contributed by atoms with Gasteiger partial charge in [-0.05, 0) is 67.1 Å². The summed E-state index contributed by atoms with van der Waals surface area (Å²) in [5, 5.41) is 0. The second kappa shape index (κ2) is 6.89. The lowest BCUT2D eigenvalue weighted by molar-refractivity contribution is -0.149. The van der Waals surface area contributed by atoms with E-state index in [0.717, 1.165) is 24.8 Å². The molecule has 1 heterocycles. The second-order valence-electron chi connectivity index (χ2n) is 10.8. The SMILES string of the molecule is CC(=O)OCC(=O)[C@H]1[C@@H](C)C[C@H]2[C@@H]3CC=C4C=C(OC(C)=O)C=C[C@]4(C)[C@@]34O[C@H]4C[C@@]21C. The molecule has 4 aliphatic carbocycles. The predicted octanol–water partition coefficient (Wildman–Crippen LogP) is 3.91. The molecule has 0 radical (unpaired) electrons. The molecule has 6 heteroatoms. The number of fused-ring (bicyclic) bond motifs is 3. The molecule has 0 bridgehead atoms. The topological polar surface area (TPSA) is 82.2 Å². The van der Waals surface area contributed by atoms with Gasteiger partial charge in [0.25, 0.3) is 0 Å². The van der Waals surface area contributed by atoms with Crippen LogP contribution in [0.5, 0.6) is 0 Å². The number of epoxide rings is 1. The first-order valence-electron chi connectivity index (χ1n) is 11.7. The molecule has 2 saturated carbocycles. The van der Waals surface area contributed by atoms with Crippen molar-refractivity contribution in [3.63, 3.8) is 0 Å². The summed E-state index contributed by atoms with van der Waals surface area (Å²) in [6.07, 6.45) is 11.1. The van der Waals surface area contributed by atoms with Crippen molar-refractivity contribution in [1.29, 1.82) is 0 Å². The second-order valence-corrected chi connectivity index (χ2v) is 10.8. The standard InChI is InChI=1S/C26H32O6/c1-14-10-20-19-7-6-17-11-18(31-16(3)28)8-9-25(17,5)26(19)22(32-26)12-24(20,4)23(14)21(29)13-30-15(2)27/h6,8-9,11,14,19-20,22-23H,7,10,12-13H2,1-5H3/t14-,19-,20-,22-,23+,24-,25-,26+/m0/s1. The van der Waals surface area contributed by atoms with Crippen molar-refractivity contribution in [1.82, 2.24) is 0 Å². The minimum atomic E-state index is -0.415. The van der Waals surface area contributed by atoms with Crippen molar-refractivity contribution in [3.05, 3.63) is 35.6 Å². The van der Waals surface area contributed by atoms with Crippen LogP contribution in [0.25, 0.3) is 0 Å². The van der Waals surface area contributed by atoms with Gasteiger partial charge in [0, 0.05) is 25.2 Å². The summed E-state index contributed by atoms with van der Waals surface area (Å²) in [6.45, 7) is 9.26. The normalized spacial score (nSPS) is 45.3. The van der Waals surface area contributed by atoms with E-state index < -0.39 is 5.97 Å². The van der Waals surface area contributed by atoms with Crippen LogP contribution in [0.1, 0.15) is 53.9 Å².